The fourth-order valence-corrected chi connectivity index (χ4v) is 3.02. The van der Waals surface area contributed by atoms with Gasteiger partial charge in [-0.15, -0.1) is 0 Å². The maximum atomic E-state index is 11.8. The van der Waals surface area contributed by atoms with E-state index in [-0.39, 0.29) is 0 Å². The lowest BCUT2D eigenvalue weighted by atomic mass is 9.84. The van der Waals surface area contributed by atoms with E-state index >= 15 is 0 Å². The molecule has 0 aliphatic rings. The fourth-order valence-electron chi connectivity index (χ4n) is 3.02. The van der Waals surface area contributed by atoms with Crippen molar-refractivity contribution in [2.45, 2.75) is 5.60 Å². The third-order valence-corrected chi connectivity index (χ3v) is 4.17. The summed E-state index contributed by atoms with van der Waals surface area (Å²) in [6.45, 7) is 0. The van der Waals surface area contributed by atoms with Crippen LogP contribution in [-0.4, -0.2) is 14.5 Å². The molecular formula is C20H16N2O. The number of pyridine rings is 1. The van der Waals surface area contributed by atoms with E-state index in [1.165, 1.54) is 0 Å². The third-order valence-electron chi connectivity index (χ3n) is 4.17. The summed E-state index contributed by atoms with van der Waals surface area (Å²) < 4.78 is 1.93. The lowest BCUT2D eigenvalue weighted by Gasteiger charge is -2.29. The molecule has 0 fully saturated rings. The first-order chi connectivity index (χ1) is 11.3. The summed E-state index contributed by atoms with van der Waals surface area (Å²) >= 11 is 0. The molecule has 112 valence electrons. The first-order valence-electron chi connectivity index (χ1n) is 7.56. The van der Waals surface area contributed by atoms with E-state index in [1.54, 1.807) is 6.20 Å². The van der Waals surface area contributed by atoms with Crippen molar-refractivity contribution < 1.29 is 5.11 Å². The van der Waals surface area contributed by atoms with Crippen molar-refractivity contribution in [1.29, 1.82) is 0 Å². The molecule has 0 saturated heterocycles. The molecule has 0 saturated carbocycles. The molecule has 0 aliphatic carbocycles. The zero-order valence-electron chi connectivity index (χ0n) is 12.5. The molecule has 0 aliphatic heterocycles. The molecule has 1 N–H and O–H groups in total. The van der Waals surface area contributed by atoms with E-state index in [4.69, 9.17) is 0 Å². The Balaban J connectivity index is 2.04. The van der Waals surface area contributed by atoms with Gasteiger partial charge in [-0.2, -0.15) is 0 Å². The van der Waals surface area contributed by atoms with Gasteiger partial charge in [0, 0.05) is 6.20 Å². The van der Waals surface area contributed by atoms with Gasteiger partial charge >= 0.3 is 0 Å². The van der Waals surface area contributed by atoms with Gasteiger partial charge in [-0.3, -0.25) is 0 Å². The molecule has 3 heteroatoms. The summed E-state index contributed by atoms with van der Waals surface area (Å²) in [5.41, 5.74) is 1.91. The number of hydrogen-bond acceptors (Lipinski definition) is 2. The molecule has 4 rings (SSSR count). The van der Waals surface area contributed by atoms with Crippen molar-refractivity contribution >= 4 is 5.65 Å². The number of aliphatic hydroxyl groups is 1. The van der Waals surface area contributed by atoms with E-state index in [0.717, 1.165) is 22.5 Å². The second kappa shape index (κ2) is 5.38. The van der Waals surface area contributed by atoms with Gasteiger partial charge in [0.15, 0.2) is 5.60 Å². The predicted molar refractivity (Wildman–Crippen MR) is 90.2 cm³/mol. The predicted octanol–water partition coefficient (Wildman–Crippen LogP) is 3.62. The minimum absolute atomic E-state index is 0.727. The average molecular weight is 300 g/mol. The normalized spacial score (nSPS) is 11.7. The first kappa shape index (κ1) is 13.7. The van der Waals surface area contributed by atoms with Gasteiger partial charge in [0.1, 0.15) is 5.65 Å². The van der Waals surface area contributed by atoms with Gasteiger partial charge in [0.2, 0.25) is 0 Å². The summed E-state index contributed by atoms with van der Waals surface area (Å²) in [5, 5.41) is 11.8. The van der Waals surface area contributed by atoms with Crippen molar-refractivity contribution in [3.63, 3.8) is 0 Å². The lowest BCUT2D eigenvalue weighted by molar-refractivity contribution is 0.120. The van der Waals surface area contributed by atoms with Gasteiger partial charge < -0.3 is 9.51 Å². The Morgan fingerprint density at radius 3 is 1.91 bits per heavy atom. The SMILES string of the molecule is OC(c1ccccc1)(c1ccccc1)c1cnc2ccccn12. The first-order valence-corrected chi connectivity index (χ1v) is 7.56. The lowest BCUT2D eigenvalue weighted by Crippen LogP contribution is -2.30. The smallest absolute Gasteiger partial charge is 0.157 e. The Kier molecular flexibility index (Phi) is 3.21. The highest BCUT2D eigenvalue weighted by atomic mass is 16.3. The molecule has 2 heterocycles. The highest BCUT2D eigenvalue weighted by molar-refractivity contribution is 5.49. The Labute approximate surface area is 134 Å². The second-order valence-corrected chi connectivity index (χ2v) is 5.51. The van der Waals surface area contributed by atoms with Crippen molar-refractivity contribution in [3.8, 4) is 0 Å². The van der Waals surface area contributed by atoms with Gasteiger partial charge in [-0.05, 0) is 23.3 Å². The van der Waals surface area contributed by atoms with Crippen LogP contribution in [0.2, 0.25) is 0 Å². The van der Waals surface area contributed by atoms with Crippen molar-refractivity contribution in [2.24, 2.45) is 0 Å². The van der Waals surface area contributed by atoms with Gasteiger partial charge in [0.25, 0.3) is 0 Å². The quantitative estimate of drug-likeness (QED) is 0.627. The van der Waals surface area contributed by atoms with Crippen molar-refractivity contribution in [1.82, 2.24) is 9.38 Å². The standard InChI is InChI=1S/C20H16N2O/c23-20(16-9-3-1-4-10-16,17-11-5-2-6-12-17)18-15-21-19-13-7-8-14-22(18)19/h1-15,23H. The summed E-state index contributed by atoms with van der Waals surface area (Å²) in [6.07, 6.45) is 3.67. The molecule has 0 radical (unpaired) electrons. The Hall–Kier alpha value is -2.91. The highest BCUT2D eigenvalue weighted by Crippen LogP contribution is 2.36. The number of hydrogen-bond donors (Lipinski definition) is 1. The number of rotatable bonds is 3. The topological polar surface area (TPSA) is 37.5 Å². The molecule has 2 aromatic heterocycles. The Bertz CT molecular complexity index is 890. The molecule has 4 aromatic rings. The summed E-state index contributed by atoms with van der Waals surface area (Å²) in [5.74, 6) is 0. The molecule has 0 unspecified atom stereocenters. The van der Waals surface area contributed by atoms with Crippen molar-refractivity contribution in [3.05, 3.63) is 108 Å². The monoisotopic (exact) mass is 300 g/mol. The van der Waals surface area contributed by atoms with E-state index in [9.17, 15) is 5.11 Å². The largest absolute Gasteiger partial charge is 0.374 e. The van der Waals surface area contributed by atoms with Crippen LogP contribution in [0.1, 0.15) is 16.8 Å². The van der Waals surface area contributed by atoms with Crippen LogP contribution in [0.4, 0.5) is 0 Å². The molecule has 0 spiro atoms. The van der Waals surface area contributed by atoms with Gasteiger partial charge in [-0.25, -0.2) is 4.98 Å². The molecule has 0 atom stereocenters. The van der Waals surface area contributed by atoms with Crippen LogP contribution in [0, 0.1) is 0 Å². The zero-order valence-corrected chi connectivity index (χ0v) is 12.5. The molecule has 0 bridgehead atoms. The van der Waals surface area contributed by atoms with Crippen LogP contribution >= 0.6 is 0 Å². The number of imidazole rings is 1. The van der Waals surface area contributed by atoms with Crippen molar-refractivity contribution in [2.75, 3.05) is 0 Å². The number of aromatic nitrogens is 2. The fraction of sp³-hybridized carbons (Fsp3) is 0.0500. The van der Waals surface area contributed by atoms with Gasteiger partial charge in [0.05, 0.1) is 11.9 Å². The number of fused-ring (bicyclic) bond motifs is 1. The van der Waals surface area contributed by atoms with Gasteiger partial charge in [-0.1, -0.05) is 66.7 Å². The maximum absolute atomic E-state index is 11.8. The van der Waals surface area contributed by atoms with Crippen LogP contribution in [0.15, 0.2) is 91.3 Å². The van der Waals surface area contributed by atoms with Crippen LogP contribution < -0.4 is 0 Å². The molecule has 23 heavy (non-hydrogen) atoms. The number of benzene rings is 2. The Morgan fingerprint density at radius 1 is 0.739 bits per heavy atom. The Morgan fingerprint density at radius 2 is 1.30 bits per heavy atom. The zero-order chi connectivity index (χ0) is 15.7. The van der Waals surface area contributed by atoms with Crippen LogP contribution in [0.3, 0.4) is 0 Å². The molecule has 3 nitrogen and oxygen atoms in total. The summed E-state index contributed by atoms with van der Waals surface area (Å²) in [4.78, 5) is 4.44. The van der Waals surface area contributed by atoms with E-state index in [2.05, 4.69) is 4.98 Å². The minimum atomic E-state index is -1.26. The van der Waals surface area contributed by atoms with E-state index < -0.39 is 5.60 Å². The van der Waals surface area contributed by atoms with E-state index in [1.807, 2.05) is 89.5 Å². The second-order valence-electron chi connectivity index (χ2n) is 5.51. The van der Waals surface area contributed by atoms with Crippen LogP contribution in [-0.2, 0) is 5.60 Å². The molecular weight excluding hydrogens is 284 g/mol. The van der Waals surface area contributed by atoms with E-state index in [0.29, 0.717) is 0 Å². The van der Waals surface area contributed by atoms with Crippen LogP contribution in [0.5, 0.6) is 0 Å². The summed E-state index contributed by atoms with van der Waals surface area (Å²) in [7, 11) is 0. The molecule has 2 aromatic carbocycles. The van der Waals surface area contributed by atoms with Crippen LogP contribution in [0.25, 0.3) is 5.65 Å². The average Bonchev–Trinajstić information content (AvgIpc) is 3.07. The maximum Gasteiger partial charge on any atom is 0.157 e. The summed E-state index contributed by atoms with van der Waals surface area (Å²) in [6, 6.07) is 25.2. The highest BCUT2D eigenvalue weighted by Gasteiger charge is 2.36. The minimum Gasteiger partial charge on any atom is -0.374 e. The molecule has 0 amide bonds. The number of nitrogens with zero attached hydrogens (tertiary/aromatic N) is 2. The third kappa shape index (κ3) is 2.14.